The number of para-hydroxylation sites is 1. The Morgan fingerprint density at radius 3 is 2.30 bits per heavy atom. The summed E-state index contributed by atoms with van der Waals surface area (Å²) in [6.07, 6.45) is 0. The van der Waals surface area contributed by atoms with Crippen LogP contribution in [0.25, 0.3) is 0 Å². The van der Waals surface area contributed by atoms with E-state index in [0.717, 1.165) is 32.0 Å². The number of aryl methyl sites for hydroxylation is 1. The molecule has 0 unspecified atom stereocenters. The molecule has 30 heavy (non-hydrogen) atoms. The molecule has 3 aromatic rings. The molecule has 1 N–H and O–H groups in total. The van der Waals surface area contributed by atoms with Gasteiger partial charge in [-0.05, 0) is 50.3 Å². The number of nitrogens with zero attached hydrogens (tertiary/aromatic N) is 5. The van der Waals surface area contributed by atoms with Gasteiger partial charge in [0.2, 0.25) is 5.82 Å². The van der Waals surface area contributed by atoms with E-state index in [9.17, 15) is 4.39 Å². The predicted octanol–water partition coefficient (Wildman–Crippen LogP) is 2.37. The monoisotopic (exact) mass is 409 g/mol. The van der Waals surface area contributed by atoms with E-state index >= 15 is 0 Å². The Morgan fingerprint density at radius 1 is 1.00 bits per heavy atom. The first-order valence-corrected chi connectivity index (χ1v) is 10.5. The van der Waals surface area contributed by atoms with E-state index in [4.69, 9.17) is 0 Å². The lowest BCUT2D eigenvalue weighted by atomic mass is 10.0. The number of aromatic nitrogens is 4. The van der Waals surface area contributed by atoms with E-state index in [-0.39, 0.29) is 17.4 Å². The van der Waals surface area contributed by atoms with Crippen LogP contribution in [0.15, 0.2) is 48.5 Å². The topological polar surface area (TPSA) is 51.3 Å². The van der Waals surface area contributed by atoms with E-state index in [1.165, 1.54) is 22.1 Å². The maximum absolute atomic E-state index is 14.3. The number of nitrogens with one attached hydrogen (secondary N) is 1. The van der Waals surface area contributed by atoms with Crippen molar-refractivity contribution < 1.29 is 9.29 Å². The van der Waals surface area contributed by atoms with Gasteiger partial charge >= 0.3 is 0 Å². The van der Waals surface area contributed by atoms with Crippen molar-refractivity contribution in [3.8, 4) is 0 Å². The van der Waals surface area contributed by atoms with Crippen LogP contribution in [0, 0.1) is 12.7 Å². The van der Waals surface area contributed by atoms with Crippen LogP contribution in [0.4, 0.5) is 10.1 Å². The Balaban J connectivity index is 1.64. The quantitative estimate of drug-likeness (QED) is 0.719. The highest BCUT2D eigenvalue weighted by Gasteiger charge is 2.36. The van der Waals surface area contributed by atoms with Crippen molar-refractivity contribution in [2.75, 3.05) is 31.1 Å². The molecule has 0 bridgehead atoms. The number of hydrogen-bond acceptors (Lipinski definition) is 4. The Bertz CT molecular complexity index is 983. The number of quaternary nitrogens is 1. The fraction of sp³-hybridized carbons (Fsp3) is 0.435. The molecular formula is C23H30FN6+. The Kier molecular flexibility index (Phi) is 5.56. The average Bonchev–Trinajstić information content (AvgIpc) is 3.21. The summed E-state index contributed by atoms with van der Waals surface area (Å²) >= 11 is 0. The van der Waals surface area contributed by atoms with Gasteiger partial charge in [0.05, 0.1) is 37.4 Å². The first-order valence-electron chi connectivity index (χ1n) is 10.5. The Labute approximate surface area is 177 Å². The molecule has 158 valence electrons. The number of halogens is 1. The smallest absolute Gasteiger partial charge is 0.214 e. The third kappa shape index (κ3) is 4.07. The minimum atomic E-state index is -0.212. The fourth-order valence-corrected chi connectivity index (χ4v) is 4.21. The van der Waals surface area contributed by atoms with Crippen LogP contribution in [-0.4, -0.2) is 46.4 Å². The first kappa shape index (κ1) is 20.5. The highest BCUT2D eigenvalue weighted by molar-refractivity contribution is 5.47. The van der Waals surface area contributed by atoms with E-state index in [2.05, 4.69) is 72.4 Å². The molecule has 1 aliphatic rings. The molecule has 1 saturated heterocycles. The Hall–Kier alpha value is -2.80. The molecule has 1 aromatic heterocycles. The zero-order valence-corrected chi connectivity index (χ0v) is 18.1. The van der Waals surface area contributed by atoms with Gasteiger partial charge in [-0.1, -0.05) is 42.0 Å². The van der Waals surface area contributed by atoms with E-state index in [0.29, 0.717) is 5.69 Å². The van der Waals surface area contributed by atoms with Gasteiger partial charge in [-0.2, -0.15) is 0 Å². The SMILES string of the molecule is Cc1ccc([C@H](c2nnnn2C(C)(C)C)[NH+]2CCN(c3ccccc3F)CC2)cc1. The summed E-state index contributed by atoms with van der Waals surface area (Å²) < 4.78 is 16.2. The zero-order valence-electron chi connectivity index (χ0n) is 18.1. The summed E-state index contributed by atoms with van der Waals surface area (Å²) in [7, 11) is 0. The van der Waals surface area contributed by atoms with Crippen molar-refractivity contribution in [3.05, 3.63) is 71.3 Å². The lowest BCUT2D eigenvalue weighted by molar-refractivity contribution is -0.927. The molecule has 0 radical (unpaired) electrons. The minimum Gasteiger partial charge on any atom is -0.358 e. The van der Waals surface area contributed by atoms with E-state index in [1.807, 2.05) is 16.8 Å². The van der Waals surface area contributed by atoms with Crippen LogP contribution < -0.4 is 9.80 Å². The summed E-state index contributed by atoms with van der Waals surface area (Å²) in [6, 6.07) is 15.7. The van der Waals surface area contributed by atoms with Gasteiger partial charge in [-0.25, -0.2) is 9.07 Å². The van der Waals surface area contributed by atoms with Gasteiger partial charge in [0.15, 0.2) is 6.04 Å². The highest BCUT2D eigenvalue weighted by atomic mass is 19.1. The van der Waals surface area contributed by atoms with E-state index < -0.39 is 0 Å². The molecular weight excluding hydrogens is 379 g/mol. The van der Waals surface area contributed by atoms with Crippen molar-refractivity contribution in [2.45, 2.75) is 39.3 Å². The maximum atomic E-state index is 14.3. The summed E-state index contributed by atoms with van der Waals surface area (Å²) in [5, 5.41) is 12.8. The molecule has 7 heteroatoms. The second-order valence-electron chi connectivity index (χ2n) is 9.06. The number of anilines is 1. The summed E-state index contributed by atoms with van der Waals surface area (Å²) in [6.45, 7) is 11.8. The number of rotatable bonds is 4. The van der Waals surface area contributed by atoms with Gasteiger partial charge in [0.1, 0.15) is 5.82 Å². The predicted molar refractivity (Wildman–Crippen MR) is 115 cm³/mol. The van der Waals surface area contributed by atoms with Crippen LogP contribution >= 0.6 is 0 Å². The standard InChI is InChI=1S/C23H29FN6/c1-17-9-11-18(12-10-17)21(22-25-26-27-30(22)23(2,3)4)29-15-13-28(14-16-29)20-8-6-5-7-19(20)24/h5-12,21H,13-16H2,1-4H3/p+1/t21-/m1/s1. The summed E-state index contributed by atoms with van der Waals surface area (Å²) in [4.78, 5) is 3.53. The minimum absolute atomic E-state index is 0.0302. The molecule has 6 nitrogen and oxygen atoms in total. The second-order valence-corrected chi connectivity index (χ2v) is 9.06. The molecule has 1 fully saturated rings. The lowest BCUT2D eigenvalue weighted by Gasteiger charge is -2.38. The Morgan fingerprint density at radius 2 is 1.67 bits per heavy atom. The van der Waals surface area contributed by atoms with Crippen molar-refractivity contribution in [1.82, 2.24) is 20.2 Å². The molecule has 0 amide bonds. The number of benzene rings is 2. The van der Waals surface area contributed by atoms with Gasteiger partial charge < -0.3 is 9.80 Å². The summed E-state index contributed by atoms with van der Waals surface area (Å²) in [5.74, 6) is 0.716. The third-order valence-electron chi connectivity index (χ3n) is 5.80. The van der Waals surface area contributed by atoms with Crippen molar-refractivity contribution >= 4 is 5.69 Å². The third-order valence-corrected chi connectivity index (χ3v) is 5.80. The first-order chi connectivity index (χ1) is 14.3. The van der Waals surface area contributed by atoms with Crippen LogP contribution in [-0.2, 0) is 5.54 Å². The molecule has 1 aliphatic heterocycles. The summed E-state index contributed by atoms with van der Waals surface area (Å²) in [5.41, 5.74) is 2.90. The van der Waals surface area contributed by atoms with Crippen molar-refractivity contribution in [3.63, 3.8) is 0 Å². The molecule has 2 aromatic carbocycles. The van der Waals surface area contributed by atoms with Gasteiger partial charge in [-0.15, -0.1) is 5.10 Å². The number of hydrogen-bond donors (Lipinski definition) is 1. The maximum Gasteiger partial charge on any atom is 0.214 e. The number of tetrazole rings is 1. The van der Waals surface area contributed by atoms with Crippen LogP contribution in [0.1, 0.15) is 43.8 Å². The van der Waals surface area contributed by atoms with Crippen molar-refractivity contribution in [2.24, 2.45) is 0 Å². The van der Waals surface area contributed by atoms with Crippen molar-refractivity contribution in [1.29, 1.82) is 0 Å². The van der Waals surface area contributed by atoms with E-state index in [1.54, 1.807) is 6.07 Å². The molecule has 0 aliphatic carbocycles. The molecule has 2 heterocycles. The highest BCUT2D eigenvalue weighted by Crippen LogP contribution is 2.24. The zero-order chi connectivity index (χ0) is 21.3. The molecule has 0 saturated carbocycles. The van der Waals surface area contributed by atoms with Gasteiger partial charge in [0.25, 0.3) is 0 Å². The van der Waals surface area contributed by atoms with Crippen LogP contribution in [0.2, 0.25) is 0 Å². The van der Waals surface area contributed by atoms with Gasteiger partial charge in [0, 0.05) is 5.56 Å². The fourth-order valence-electron chi connectivity index (χ4n) is 4.21. The second kappa shape index (κ2) is 8.14. The van der Waals surface area contributed by atoms with Gasteiger partial charge in [-0.3, -0.25) is 0 Å². The molecule has 4 rings (SSSR count). The molecule has 0 spiro atoms. The number of piperazine rings is 1. The normalized spacial score (nSPS) is 16.6. The molecule has 1 atom stereocenters. The van der Waals surface area contributed by atoms with Crippen LogP contribution in [0.5, 0.6) is 0 Å². The largest absolute Gasteiger partial charge is 0.358 e. The average molecular weight is 410 g/mol. The lowest BCUT2D eigenvalue weighted by Crippen LogP contribution is -3.15. The van der Waals surface area contributed by atoms with Crippen LogP contribution in [0.3, 0.4) is 0 Å².